The Morgan fingerprint density at radius 1 is 1.50 bits per heavy atom. The predicted molar refractivity (Wildman–Crippen MR) is 65.2 cm³/mol. The number of hydrogen-bond acceptors (Lipinski definition) is 3. The van der Waals surface area contributed by atoms with Gasteiger partial charge in [-0.25, -0.2) is 4.79 Å². The number of phenolic OH excluding ortho intramolecular Hbond substituents is 1. The summed E-state index contributed by atoms with van der Waals surface area (Å²) in [5, 5.41) is 20.4. The number of aromatic hydroxyl groups is 1. The van der Waals surface area contributed by atoms with Crippen molar-refractivity contribution in [2.45, 2.75) is 19.4 Å². The fourth-order valence-electron chi connectivity index (χ4n) is 1.46. The molecule has 0 saturated heterocycles. The maximum atomic E-state index is 11.8. The Morgan fingerprint density at radius 3 is 2.67 bits per heavy atom. The van der Waals surface area contributed by atoms with Crippen LogP contribution in [0, 0.1) is 19.3 Å². The van der Waals surface area contributed by atoms with Crippen LogP contribution in [0.1, 0.15) is 22.3 Å². The molecule has 1 aromatic carbocycles. The van der Waals surface area contributed by atoms with E-state index in [9.17, 15) is 14.7 Å². The molecule has 0 heterocycles. The Labute approximate surface area is 104 Å². The van der Waals surface area contributed by atoms with Crippen molar-refractivity contribution in [2.75, 3.05) is 0 Å². The van der Waals surface area contributed by atoms with Gasteiger partial charge >= 0.3 is 5.97 Å². The third-order valence-electron chi connectivity index (χ3n) is 2.38. The monoisotopic (exact) mass is 247 g/mol. The molecule has 1 amide bonds. The van der Waals surface area contributed by atoms with E-state index in [4.69, 9.17) is 11.5 Å². The molecule has 0 aliphatic carbocycles. The molecule has 0 spiro atoms. The van der Waals surface area contributed by atoms with E-state index in [1.54, 1.807) is 6.92 Å². The van der Waals surface area contributed by atoms with Gasteiger partial charge in [-0.15, -0.1) is 12.3 Å². The molecule has 0 aliphatic heterocycles. The minimum Gasteiger partial charge on any atom is -0.508 e. The van der Waals surface area contributed by atoms with Crippen LogP contribution in [-0.2, 0) is 4.79 Å². The third-order valence-corrected chi connectivity index (χ3v) is 2.38. The minimum absolute atomic E-state index is 0.0439. The van der Waals surface area contributed by atoms with Gasteiger partial charge in [0.25, 0.3) is 5.91 Å². The maximum Gasteiger partial charge on any atom is 0.327 e. The van der Waals surface area contributed by atoms with Crippen LogP contribution in [0.4, 0.5) is 0 Å². The standard InChI is InChI=1S/C13H13NO4/c1-3-4-11(13(17)18)14-12(16)10-6-5-9(15)7-8(10)2/h1,5-7,11,15H,4H2,2H3,(H,14,16)(H,17,18). The fraction of sp³-hybridized carbons (Fsp3) is 0.231. The highest BCUT2D eigenvalue weighted by molar-refractivity contribution is 5.98. The van der Waals surface area contributed by atoms with Crippen molar-refractivity contribution in [3.63, 3.8) is 0 Å². The summed E-state index contributed by atoms with van der Waals surface area (Å²) in [5.74, 6) is 0.523. The van der Waals surface area contributed by atoms with Gasteiger partial charge in [-0.2, -0.15) is 0 Å². The molecule has 94 valence electrons. The number of hydrogen-bond donors (Lipinski definition) is 3. The molecule has 0 saturated carbocycles. The van der Waals surface area contributed by atoms with E-state index in [0.717, 1.165) is 0 Å². The number of nitrogens with one attached hydrogen (secondary N) is 1. The molecule has 0 bridgehead atoms. The third kappa shape index (κ3) is 3.25. The summed E-state index contributed by atoms with van der Waals surface area (Å²) in [7, 11) is 0. The summed E-state index contributed by atoms with van der Waals surface area (Å²) < 4.78 is 0. The van der Waals surface area contributed by atoms with Crippen LogP contribution < -0.4 is 5.32 Å². The van der Waals surface area contributed by atoms with E-state index in [-0.39, 0.29) is 12.2 Å². The van der Waals surface area contributed by atoms with E-state index in [1.807, 2.05) is 0 Å². The lowest BCUT2D eigenvalue weighted by Gasteiger charge is -2.13. The fourth-order valence-corrected chi connectivity index (χ4v) is 1.46. The van der Waals surface area contributed by atoms with Gasteiger partial charge in [-0.1, -0.05) is 0 Å². The topological polar surface area (TPSA) is 86.6 Å². The zero-order chi connectivity index (χ0) is 13.7. The predicted octanol–water partition coefficient (Wildman–Crippen LogP) is 0.907. The van der Waals surface area contributed by atoms with E-state index in [1.165, 1.54) is 18.2 Å². The lowest BCUT2D eigenvalue weighted by molar-refractivity contribution is -0.139. The van der Waals surface area contributed by atoms with E-state index >= 15 is 0 Å². The van der Waals surface area contributed by atoms with Crippen LogP contribution >= 0.6 is 0 Å². The lowest BCUT2D eigenvalue weighted by Crippen LogP contribution is -2.40. The van der Waals surface area contributed by atoms with Crippen LogP contribution in [0.25, 0.3) is 0 Å². The number of carbonyl (C=O) groups excluding carboxylic acids is 1. The molecule has 0 aliphatic rings. The van der Waals surface area contributed by atoms with Crippen molar-refractivity contribution >= 4 is 11.9 Å². The molecule has 3 N–H and O–H groups in total. The molecule has 0 radical (unpaired) electrons. The number of carbonyl (C=O) groups is 2. The SMILES string of the molecule is C#CCC(NC(=O)c1ccc(O)cc1C)C(=O)O. The summed E-state index contributed by atoms with van der Waals surface area (Å²) in [6, 6.07) is 3.09. The highest BCUT2D eigenvalue weighted by Gasteiger charge is 2.20. The van der Waals surface area contributed by atoms with Crippen LogP contribution in [-0.4, -0.2) is 28.1 Å². The van der Waals surface area contributed by atoms with Gasteiger partial charge < -0.3 is 15.5 Å². The second-order valence-corrected chi connectivity index (χ2v) is 3.77. The van der Waals surface area contributed by atoms with Crippen molar-refractivity contribution in [3.05, 3.63) is 29.3 Å². The number of phenols is 1. The normalized spacial score (nSPS) is 11.3. The van der Waals surface area contributed by atoms with Gasteiger partial charge in [0, 0.05) is 12.0 Å². The second kappa shape index (κ2) is 5.73. The van der Waals surface area contributed by atoms with Gasteiger partial charge in [-0.05, 0) is 30.7 Å². The lowest BCUT2D eigenvalue weighted by atomic mass is 10.1. The molecule has 18 heavy (non-hydrogen) atoms. The van der Waals surface area contributed by atoms with Gasteiger partial charge in [0.2, 0.25) is 0 Å². The average molecular weight is 247 g/mol. The molecule has 1 rings (SSSR count). The number of aryl methyl sites for hydroxylation is 1. The van der Waals surface area contributed by atoms with Gasteiger partial charge in [0.1, 0.15) is 11.8 Å². The Morgan fingerprint density at radius 2 is 2.17 bits per heavy atom. The first-order valence-electron chi connectivity index (χ1n) is 5.22. The summed E-state index contributed by atoms with van der Waals surface area (Å²) >= 11 is 0. The largest absolute Gasteiger partial charge is 0.508 e. The zero-order valence-electron chi connectivity index (χ0n) is 9.80. The Bertz CT molecular complexity index is 516. The van der Waals surface area contributed by atoms with Gasteiger partial charge in [0.15, 0.2) is 0 Å². The smallest absolute Gasteiger partial charge is 0.327 e. The van der Waals surface area contributed by atoms with Gasteiger partial charge in [-0.3, -0.25) is 4.79 Å². The van der Waals surface area contributed by atoms with Gasteiger partial charge in [0.05, 0.1) is 0 Å². The second-order valence-electron chi connectivity index (χ2n) is 3.77. The summed E-state index contributed by atoms with van der Waals surface area (Å²) in [5.41, 5.74) is 0.855. The number of benzene rings is 1. The highest BCUT2D eigenvalue weighted by Crippen LogP contribution is 2.15. The summed E-state index contributed by atoms with van der Waals surface area (Å²) in [6.45, 7) is 1.64. The molecule has 0 aromatic heterocycles. The average Bonchev–Trinajstić information content (AvgIpc) is 2.27. The molecule has 1 unspecified atom stereocenters. The van der Waals surface area contributed by atoms with Crippen LogP contribution in [0.15, 0.2) is 18.2 Å². The minimum atomic E-state index is -1.18. The maximum absolute atomic E-state index is 11.8. The highest BCUT2D eigenvalue weighted by atomic mass is 16.4. The van der Waals surface area contributed by atoms with Crippen LogP contribution in [0.5, 0.6) is 5.75 Å². The van der Waals surface area contributed by atoms with Crippen molar-refractivity contribution in [1.82, 2.24) is 5.32 Å². The molecule has 5 nitrogen and oxygen atoms in total. The summed E-state index contributed by atoms with van der Waals surface area (Å²) in [4.78, 5) is 22.7. The molecular formula is C13H13NO4. The number of carboxylic acids is 1. The van der Waals surface area contributed by atoms with Crippen LogP contribution in [0.2, 0.25) is 0 Å². The van der Waals surface area contributed by atoms with E-state index in [0.29, 0.717) is 11.1 Å². The number of carboxylic acid groups (broad SMARTS) is 1. The van der Waals surface area contributed by atoms with Crippen molar-refractivity contribution in [3.8, 4) is 18.1 Å². The van der Waals surface area contributed by atoms with E-state index < -0.39 is 17.9 Å². The van der Waals surface area contributed by atoms with Crippen LogP contribution in [0.3, 0.4) is 0 Å². The van der Waals surface area contributed by atoms with Crippen molar-refractivity contribution < 1.29 is 19.8 Å². The molecule has 5 heteroatoms. The Balaban J connectivity index is 2.87. The zero-order valence-corrected chi connectivity index (χ0v) is 9.80. The number of aliphatic carboxylic acids is 1. The Kier molecular flexibility index (Phi) is 4.33. The van der Waals surface area contributed by atoms with E-state index in [2.05, 4.69) is 11.2 Å². The first kappa shape index (κ1) is 13.6. The number of amides is 1. The first-order valence-corrected chi connectivity index (χ1v) is 5.22. The molecule has 0 fully saturated rings. The number of terminal acetylenes is 1. The molecule has 1 atom stereocenters. The van der Waals surface area contributed by atoms with Crippen molar-refractivity contribution in [1.29, 1.82) is 0 Å². The first-order chi connectivity index (χ1) is 8.45. The quantitative estimate of drug-likeness (QED) is 0.690. The molecule has 1 aromatic rings. The molecular weight excluding hydrogens is 234 g/mol. The Hall–Kier alpha value is -2.48. The number of rotatable bonds is 4. The summed E-state index contributed by atoms with van der Waals surface area (Å²) in [6.07, 6.45) is 4.95. The van der Waals surface area contributed by atoms with Crippen molar-refractivity contribution in [2.24, 2.45) is 0 Å².